The molecule has 1 aliphatic heterocycles. The summed E-state index contributed by atoms with van der Waals surface area (Å²) >= 11 is 0. The smallest absolute Gasteiger partial charge is 0.243 e. The Morgan fingerprint density at radius 1 is 1.24 bits per heavy atom. The van der Waals surface area contributed by atoms with E-state index >= 15 is 0 Å². The van der Waals surface area contributed by atoms with Crippen LogP contribution in [-0.2, 0) is 4.79 Å². The predicted molar refractivity (Wildman–Crippen MR) is 83.6 cm³/mol. The average molecular weight is 283 g/mol. The van der Waals surface area contributed by atoms with Crippen molar-refractivity contribution >= 4 is 23.0 Å². The Morgan fingerprint density at radius 2 is 2.05 bits per heavy atom. The van der Waals surface area contributed by atoms with Crippen molar-refractivity contribution in [2.45, 2.75) is 0 Å². The molecule has 0 fully saturated rings. The fraction of sp³-hybridized carbons (Fsp3) is 0.188. The fourth-order valence-corrected chi connectivity index (χ4v) is 2.35. The molecule has 0 atom stereocenters. The second-order valence-corrected chi connectivity index (χ2v) is 4.91. The van der Waals surface area contributed by atoms with Gasteiger partial charge in [0.2, 0.25) is 5.91 Å². The maximum Gasteiger partial charge on any atom is 0.243 e. The summed E-state index contributed by atoms with van der Waals surface area (Å²) in [7, 11) is 0. The first-order valence-corrected chi connectivity index (χ1v) is 6.84. The van der Waals surface area contributed by atoms with Crippen LogP contribution in [0.25, 0.3) is 0 Å². The minimum Gasteiger partial charge on any atom is -0.489 e. The number of rotatable bonds is 3. The molecule has 5 heteroatoms. The summed E-state index contributed by atoms with van der Waals surface area (Å²) in [4.78, 5) is 14.1. The van der Waals surface area contributed by atoms with Crippen molar-refractivity contribution in [3.05, 3.63) is 48.5 Å². The lowest BCUT2D eigenvalue weighted by atomic mass is 10.2. The monoisotopic (exact) mass is 283 g/mol. The number of nitrogens with two attached hydrogens (primary N) is 1. The van der Waals surface area contributed by atoms with E-state index < -0.39 is 0 Å². The quantitative estimate of drug-likeness (QED) is 0.847. The zero-order valence-electron chi connectivity index (χ0n) is 11.6. The molecule has 2 aromatic rings. The van der Waals surface area contributed by atoms with E-state index in [9.17, 15) is 4.79 Å². The molecule has 2 aromatic carbocycles. The van der Waals surface area contributed by atoms with Gasteiger partial charge in [0.15, 0.2) is 0 Å². The minimum absolute atomic E-state index is 0.0501. The van der Waals surface area contributed by atoms with Crippen molar-refractivity contribution < 1.29 is 9.53 Å². The molecule has 0 aromatic heterocycles. The highest BCUT2D eigenvalue weighted by molar-refractivity contribution is 5.94. The molecule has 0 saturated heterocycles. The Bertz CT molecular complexity index is 643. The first-order chi connectivity index (χ1) is 10.2. The van der Waals surface area contributed by atoms with E-state index in [0.29, 0.717) is 18.8 Å². The molecule has 21 heavy (non-hydrogen) atoms. The van der Waals surface area contributed by atoms with Gasteiger partial charge in [0, 0.05) is 17.4 Å². The second-order valence-electron chi connectivity index (χ2n) is 4.91. The van der Waals surface area contributed by atoms with Crippen LogP contribution < -0.4 is 20.7 Å². The van der Waals surface area contributed by atoms with E-state index in [2.05, 4.69) is 5.32 Å². The molecule has 0 unspecified atom stereocenters. The van der Waals surface area contributed by atoms with Gasteiger partial charge in [-0.1, -0.05) is 18.2 Å². The first kappa shape index (κ1) is 13.3. The molecule has 1 amide bonds. The summed E-state index contributed by atoms with van der Waals surface area (Å²) < 4.78 is 5.58. The lowest BCUT2D eigenvalue weighted by Crippen LogP contribution is -2.38. The maximum absolute atomic E-state index is 12.1. The largest absolute Gasteiger partial charge is 0.489 e. The second kappa shape index (κ2) is 5.75. The number of nitrogens with one attached hydrogen (secondary N) is 1. The van der Waals surface area contributed by atoms with E-state index in [0.717, 1.165) is 17.1 Å². The molecule has 0 saturated carbocycles. The Balaban J connectivity index is 1.70. The van der Waals surface area contributed by atoms with Gasteiger partial charge in [-0.25, -0.2) is 0 Å². The number of hydrogen-bond donors (Lipinski definition) is 2. The number of amides is 1. The molecule has 3 N–H and O–H groups in total. The number of ether oxygens (including phenoxy) is 1. The number of para-hydroxylation sites is 1. The molecule has 1 aliphatic rings. The van der Waals surface area contributed by atoms with Crippen LogP contribution in [0.2, 0.25) is 0 Å². The van der Waals surface area contributed by atoms with Crippen molar-refractivity contribution in [3.63, 3.8) is 0 Å². The van der Waals surface area contributed by atoms with Crippen molar-refractivity contribution in [3.8, 4) is 5.75 Å². The predicted octanol–water partition coefficient (Wildman–Crippen LogP) is 2.11. The highest BCUT2D eigenvalue weighted by atomic mass is 16.5. The van der Waals surface area contributed by atoms with E-state index in [1.165, 1.54) is 0 Å². The summed E-state index contributed by atoms with van der Waals surface area (Å²) in [5.74, 6) is 0.680. The zero-order valence-corrected chi connectivity index (χ0v) is 11.6. The van der Waals surface area contributed by atoms with Crippen molar-refractivity contribution in [2.24, 2.45) is 0 Å². The van der Waals surface area contributed by atoms with Crippen molar-refractivity contribution in [1.82, 2.24) is 0 Å². The first-order valence-electron chi connectivity index (χ1n) is 6.84. The highest BCUT2D eigenvalue weighted by Gasteiger charge is 2.20. The number of carbonyl (C=O) groups excluding carboxylic acids is 1. The third kappa shape index (κ3) is 3.08. The number of benzene rings is 2. The van der Waals surface area contributed by atoms with E-state index in [-0.39, 0.29) is 12.5 Å². The Labute approximate surface area is 123 Å². The molecule has 3 rings (SSSR count). The number of carbonyl (C=O) groups is 1. The molecular weight excluding hydrogens is 266 g/mol. The summed E-state index contributed by atoms with van der Waals surface area (Å²) in [6.07, 6.45) is 0. The Hall–Kier alpha value is -2.69. The molecule has 1 heterocycles. The molecular formula is C16H17N3O2. The van der Waals surface area contributed by atoms with Crippen LogP contribution in [-0.4, -0.2) is 25.6 Å². The van der Waals surface area contributed by atoms with Crippen LogP contribution in [0.3, 0.4) is 0 Å². The topological polar surface area (TPSA) is 67.6 Å². The fourth-order valence-electron chi connectivity index (χ4n) is 2.35. The van der Waals surface area contributed by atoms with Gasteiger partial charge in [-0.2, -0.15) is 0 Å². The number of nitrogens with zero attached hydrogens (tertiary/aromatic N) is 1. The summed E-state index contributed by atoms with van der Waals surface area (Å²) in [6.45, 7) is 1.52. The van der Waals surface area contributed by atoms with Crippen molar-refractivity contribution in [1.29, 1.82) is 0 Å². The zero-order chi connectivity index (χ0) is 14.7. The molecule has 0 spiro atoms. The van der Waals surface area contributed by atoms with Crippen LogP contribution in [0.5, 0.6) is 5.75 Å². The van der Waals surface area contributed by atoms with Crippen LogP contribution in [0.15, 0.2) is 48.5 Å². The van der Waals surface area contributed by atoms with E-state index in [1.54, 1.807) is 6.07 Å². The standard InChI is InChI=1S/C16H17N3O2/c17-12-6-7-14-15(10-12)21-9-8-19(14)11-16(20)18-13-4-2-1-3-5-13/h1-7,10H,8-9,11,17H2,(H,18,20). The number of fused-ring (bicyclic) bond motifs is 1. The van der Waals surface area contributed by atoms with Gasteiger partial charge >= 0.3 is 0 Å². The van der Waals surface area contributed by atoms with Gasteiger partial charge in [0.05, 0.1) is 18.8 Å². The van der Waals surface area contributed by atoms with Crippen LogP contribution >= 0.6 is 0 Å². The highest BCUT2D eigenvalue weighted by Crippen LogP contribution is 2.33. The van der Waals surface area contributed by atoms with Gasteiger partial charge in [-0.05, 0) is 24.3 Å². The average Bonchev–Trinajstić information content (AvgIpc) is 2.48. The molecule has 0 bridgehead atoms. The summed E-state index contributed by atoms with van der Waals surface area (Å²) in [5, 5.41) is 2.89. The third-order valence-electron chi connectivity index (χ3n) is 3.34. The van der Waals surface area contributed by atoms with Crippen molar-refractivity contribution in [2.75, 3.05) is 35.6 Å². The van der Waals surface area contributed by atoms with Gasteiger partial charge in [0.25, 0.3) is 0 Å². The summed E-state index contributed by atoms with van der Waals surface area (Å²) in [6, 6.07) is 14.9. The SMILES string of the molecule is Nc1ccc2c(c1)OCCN2CC(=O)Nc1ccccc1. The lowest BCUT2D eigenvalue weighted by Gasteiger charge is -2.30. The molecule has 5 nitrogen and oxygen atoms in total. The number of nitrogen functional groups attached to an aromatic ring is 1. The molecule has 0 radical (unpaired) electrons. The third-order valence-corrected chi connectivity index (χ3v) is 3.34. The van der Waals surface area contributed by atoms with E-state index in [1.807, 2.05) is 47.4 Å². The number of hydrogen-bond acceptors (Lipinski definition) is 4. The molecule has 108 valence electrons. The Morgan fingerprint density at radius 3 is 2.86 bits per heavy atom. The Kier molecular flexibility index (Phi) is 3.64. The van der Waals surface area contributed by atoms with Crippen LogP contribution in [0.1, 0.15) is 0 Å². The minimum atomic E-state index is -0.0501. The normalized spacial score (nSPS) is 13.2. The van der Waals surface area contributed by atoms with E-state index in [4.69, 9.17) is 10.5 Å². The van der Waals surface area contributed by atoms with Gasteiger partial charge in [0.1, 0.15) is 12.4 Å². The lowest BCUT2D eigenvalue weighted by molar-refractivity contribution is -0.115. The summed E-state index contributed by atoms with van der Waals surface area (Å²) in [5.41, 5.74) is 8.11. The molecule has 0 aliphatic carbocycles. The number of anilines is 3. The van der Waals surface area contributed by atoms with Crippen LogP contribution in [0, 0.1) is 0 Å². The van der Waals surface area contributed by atoms with Crippen LogP contribution in [0.4, 0.5) is 17.1 Å². The maximum atomic E-state index is 12.1. The van der Waals surface area contributed by atoms with Gasteiger partial charge < -0.3 is 20.7 Å². The van der Waals surface area contributed by atoms with Gasteiger partial charge in [-0.3, -0.25) is 4.79 Å². The van der Waals surface area contributed by atoms with Gasteiger partial charge in [-0.15, -0.1) is 0 Å².